The van der Waals surface area contributed by atoms with Gasteiger partial charge in [-0.1, -0.05) is 48.5 Å². The Balaban J connectivity index is 1.56. The number of hydrogen-bond acceptors (Lipinski definition) is 3. The molecule has 9 atom stereocenters. The molecule has 2 N–H and O–H groups in total. The zero-order valence-corrected chi connectivity index (χ0v) is 22.5. The second-order valence-corrected chi connectivity index (χ2v) is 15.3. The van der Waals surface area contributed by atoms with Gasteiger partial charge in [-0.05, 0) is 109 Å². The lowest BCUT2D eigenvalue weighted by molar-refractivity contribution is -0.264. The molecule has 33 heavy (non-hydrogen) atoms. The second-order valence-electron chi connectivity index (χ2n) is 15.3. The third-order valence-corrected chi connectivity index (χ3v) is 13.7. The molecular weight excluding hydrogens is 408 g/mol. The maximum Gasteiger partial charge on any atom is 0.138 e. The highest BCUT2D eigenvalue weighted by atomic mass is 16.3. The van der Waals surface area contributed by atoms with E-state index in [1.165, 1.54) is 25.7 Å². The first-order valence-electron chi connectivity index (χ1n) is 14.0. The largest absolute Gasteiger partial charge is 0.396 e. The zero-order valence-electron chi connectivity index (χ0n) is 22.5. The Labute approximate surface area is 202 Å². The third-order valence-electron chi connectivity index (χ3n) is 13.7. The van der Waals surface area contributed by atoms with E-state index in [1.54, 1.807) is 0 Å². The maximum absolute atomic E-state index is 12.9. The van der Waals surface area contributed by atoms with Crippen molar-refractivity contribution in [1.82, 2.24) is 0 Å². The van der Waals surface area contributed by atoms with Crippen molar-refractivity contribution in [2.75, 3.05) is 6.61 Å². The molecule has 0 unspecified atom stereocenters. The molecule has 0 spiro atoms. The Morgan fingerprint density at radius 1 is 0.788 bits per heavy atom. The van der Waals surface area contributed by atoms with Gasteiger partial charge in [0.05, 0.1) is 6.10 Å². The number of Topliss-reactive ketones (excluding diaryl/α,β-unsaturated/α-hetero) is 1. The van der Waals surface area contributed by atoms with Crippen LogP contribution in [0.5, 0.6) is 0 Å². The summed E-state index contributed by atoms with van der Waals surface area (Å²) in [5, 5.41) is 22.4. The van der Waals surface area contributed by atoms with Crippen LogP contribution in [-0.2, 0) is 4.79 Å². The quantitative estimate of drug-likeness (QED) is 0.478. The lowest BCUT2D eigenvalue weighted by atomic mass is 9.31. The Morgan fingerprint density at radius 2 is 1.45 bits per heavy atom. The van der Waals surface area contributed by atoms with Gasteiger partial charge in [0, 0.05) is 18.4 Å². The van der Waals surface area contributed by atoms with Crippen molar-refractivity contribution in [3.63, 3.8) is 0 Å². The number of fused-ring (bicyclic) bond motifs is 7. The molecule has 188 valence electrons. The summed E-state index contributed by atoms with van der Waals surface area (Å²) in [6, 6.07) is 0. The molecule has 5 saturated carbocycles. The molecule has 0 saturated heterocycles. The molecule has 0 heterocycles. The summed E-state index contributed by atoms with van der Waals surface area (Å²) in [4.78, 5) is 12.9. The Morgan fingerprint density at radius 3 is 2.12 bits per heavy atom. The van der Waals surface area contributed by atoms with Gasteiger partial charge in [-0.15, -0.1) is 0 Å². The normalized spacial score (nSPS) is 55.1. The number of ketones is 1. The van der Waals surface area contributed by atoms with E-state index in [2.05, 4.69) is 48.5 Å². The molecule has 0 radical (unpaired) electrons. The monoisotopic (exact) mass is 458 g/mol. The van der Waals surface area contributed by atoms with Crippen molar-refractivity contribution >= 4 is 5.78 Å². The highest BCUT2D eigenvalue weighted by Crippen LogP contribution is 2.76. The average molecular weight is 459 g/mol. The van der Waals surface area contributed by atoms with Crippen LogP contribution in [0.3, 0.4) is 0 Å². The van der Waals surface area contributed by atoms with E-state index in [-0.39, 0.29) is 51.1 Å². The first kappa shape index (κ1) is 24.3. The predicted octanol–water partition coefficient (Wildman–Crippen LogP) is 6.40. The Bertz CT molecular complexity index is 830. The second kappa shape index (κ2) is 7.09. The van der Waals surface area contributed by atoms with Gasteiger partial charge < -0.3 is 10.2 Å². The van der Waals surface area contributed by atoms with Crippen LogP contribution in [0.2, 0.25) is 0 Å². The lowest BCUT2D eigenvalue weighted by Gasteiger charge is -2.73. The van der Waals surface area contributed by atoms with E-state index in [1.807, 2.05) is 0 Å². The van der Waals surface area contributed by atoms with Gasteiger partial charge in [0.2, 0.25) is 0 Å². The fourth-order valence-corrected chi connectivity index (χ4v) is 11.2. The fourth-order valence-electron chi connectivity index (χ4n) is 11.2. The molecule has 5 aliphatic rings. The SMILES string of the molecule is CC1(C)CC[C@]2(CO)CC[C@]3(C)[C@H](CC[C@@H]4[C@@]5(C)CCC(=O)C(C)(C)[C@@H]5CC[C@]43C)[C@H]2[C@H]1O. The van der Waals surface area contributed by atoms with Crippen molar-refractivity contribution in [2.45, 2.75) is 119 Å². The summed E-state index contributed by atoms with van der Waals surface area (Å²) < 4.78 is 0. The van der Waals surface area contributed by atoms with Crippen LogP contribution in [0, 0.1) is 56.2 Å². The number of rotatable bonds is 1. The minimum atomic E-state index is -0.332. The molecule has 0 amide bonds. The molecule has 3 heteroatoms. The van der Waals surface area contributed by atoms with Gasteiger partial charge in [0.25, 0.3) is 0 Å². The van der Waals surface area contributed by atoms with E-state index in [0.29, 0.717) is 23.5 Å². The molecule has 0 aromatic heterocycles. The standard InChI is InChI=1S/C30H50O3/c1-25(2)14-16-30(18-31)17-15-28(6)19(23(30)24(25)33)8-9-21-27(5)12-11-22(32)26(3,4)20(27)10-13-29(21,28)7/h19-21,23-24,31,33H,8-18H2,1-7H3/t19-,20+,21-,23+,24-,27+,28-,29-,30-/m1/s1. The highest BCUT2D eigenvalue weighted by Gasteiger charge is 2.71. The molecule has 0 bridgehead atoms. The molecule has 5 fully saturated rings. The molecule has 0 aromatic rings. The van der Waals surface area contributed by atoms with Gasteiger partial charge in [-0.3, -0.25) is 4.79 Å². The first-order chi connectivity index (χ1) is 15.2. The summed E-state index contributed by atoms with van der Waals surface area (Å²) in [6.45, 7) is 16.9. The fraction of sp³-hybridized carbons (Fsp3) is 0.967. The van der Waals surface area contributed by atoms with Crippen molar-refractivity contribution < 1.29 is 15.0 Å². The van der Waals surface area contributed by atoms with Crippen molar-refractivity contribution in [2.24, 2.45) is 56.2 Å². The lowest BCUT2D eigenvalue weighted by Crippen LogP contribution is -2.69. The van der Waals surface area contributed by atoms with Crippen molar-refractivity contribution in [1.29, 1.82) is 0 Å². The van der Waals surface area contributed by atoms with Crippen molar-refractivity contribution in [3.8, 4) is 0 Å². The Kier molecular flexibility index (Phi) is 5.22. The number of aliphatic hydroxyl groups excluding tert-OH is 2. The summed E-state index contributed by atoms with van der Waals surface area (Å²) >= 11 is 0. The van der Waals surface area contributed by atoms with E-state index in [4.69, 9.17) is 0 Å². The van der Waals surface area contributed by atoms with Gasteiger partial charge >= 0.3 is 0 Å². The molecule has 0 aliphatic heterocycles. The zero-order chi connectivity index (χ0) is 24.2. The van der Waals surface area contributed by atoms with Crippen LogP contribution >= 0.6 is 0 Å². The van der Waals surface area contributed by atoms with Crippen LogP contribution in [-0.4, -0.2) is 28.7 Å². The van der Waals surface area contributed by atoms with Crippen LogP contribution in [0.15, 0.2) is 0 Å². The Hall–Kier alpha value is -0.410. The molecular formula is C30H50O3. The number of carbonyl (C=O) groups excluding carboxylic acids is 1. The maximum atomic E-state index is 12.9. The van der Waals surface area contributed by atoms with Crippen LogP contribution in [0.25, 0.3) is 0 Å². The van der Waals surface area contributed by atoms with Crippen LogP contribution in [0.4, 0.5) is 0 Å². The van der Waals surface area contributed by atoms with E-state index < -0.39 is 0 Å². The van der Waals surface area contributed by atoms with Gasteiger partial charge in [-0.2, -0.15) is 0 Å². The predicted molar refractivity (Wildman–Crippen MR) is 133 cm³/mol. The van der Waals surface area contributed by atoms with Gasteiger partial charge in [-0.25, -0.2) is 0 Å². The summed E-state index contributed by atoms with van der Waals surface area (Å²) in [6.07, 6.45) is 10.5. The molecule has 3 nitrogen and oxygen atoms in total. The smallest absolute Gasteiger partial charge is 0.138 e. The minimum Gasteiger partial charge on any atom is -0.396 e. The van der Waals surface area contributed by atoms with Crippen LogP contribution < -0.4 is 0 Å². The molecule has 0 aromatic carbocycles. The van der Waals surface area contributed by atoms with Gasteiger partial charge in [0.1, 0.15) is 5.78 Å². The topological polar surface area (TPSA) is 57.5 Å². The summed E-state index contributed by atoms with van der Waals surface area (Å²) in [5.41, 5.74) is 0.288. The number of carbonyl (C=O) groups is 1. The summed E-state index contributed by atoms with van der Waals surface area (Å²) in [7, 11) is 0. The van der Waals surface area contributed by atoms with E-state index in [0.717, 1.165) is 38.5 Å². The van der Waals surface area contributed by atoms with Gasteiger partial charge in [0.15, 0.2) is 0 Å². The summed E-state index contributed by atoms with van der Waals surface area (Å²) in [5.74, 6) is 2.30. The molecule has 5 rings (SSSR count). The first-order valence-corrected chi connectivity index (χ1v) is 14.0. The third kappa shape index (κ3) is 2.85. The average Bonchev–Trinajstić information content (AvgIpc) is 2.74. The van der Waals surface area contributed by atoms with Crippen LogP contribution in [0.1, 0.15) is 113 Å². The highest BCUT2D eigenvalue weighted by molar-refractivity contribution is 5.85. The molecule has 5 aliphatic carbocycles. The van der Waals surface area contributed by atoms with Crippen molar-refractivity contribution in [3.05, 3.63) is 0 Å². The number of hydrogen-bond donors (Lipinski definition) is 2. The van der Waals surface area contributed by atoms with E-state index in [9.17, 15) is 15.0 Å². The number of aliphatic hydroxyl groups is 2. The van der Waals surface area contributed by atoms with E-state index >= 15 is 0 Å². The minimum absolute atomic E-state index is 0.0727.